The van der Waals surface area contributed by atoms with E-state index in [2.05, 4.69) is 16.7 Å². The molecule has 0 fully saturated rings. The van der Waals surface area contributed by atoms with Crippen molar-refractivity contribution in [3.63, 3.8) is 0 Å². The standard InChI is InChI=1S/C18H28N2O4/c1-5-22-9-8-19-14-6-7-16-13(10-14)11-15(23-16)12-20-17(21)24-18(2,3)4/h6-7,10,15,19H,5,8-9,11-12H2,1-4H3,(H,20,21). The molecule has 0 saturated carbocycles. The lowest BCUT2D eigenvalue weighted by molar-refractivity contribution is 0.0506. The van der Waals surface area contributed by atoms with Crippen LogP contribution in [-0.4, -0.2) is 44.1 Å². The van der Waals surface area contributed by atoms with Crippen molar-refractivity contribution < 1.29 is 19.0 Å². The molecule has 6 nitrogen and oxygen atoms in total. The van der Waals surface area contributed by atoms with Crippen molar-refractivity contribution >= 4 is 11.8 Å². The number of hydrogen-bond donors (Lipinski definition) is 2. The number of rotatable bonds is 7. The Morgan fingerprint density at radius 3 is 2.88 bits per heavy atom. The van der Waals surface area contributed by atoms with Gasteiger partial charge < -0.3 is 24.8 Å². The summed E-state index contributed by atoms with van der Waals surface area (Å²) in [5.74, 6) is 0.876. The fourth-order valence-corrected chi connectivity index (χ4v) is 2.47. The van der Waals surface area contributed by atoms with E-state index in [9.17, 15) is 4.79 Å². The van der Waals surface area contributed by atoms with E-state index in [-0.39, 0.29) is 6.10 Å². The molecule has 1 aliphatic rings. The molecule has 0 aliphatic carbocycles. The molecular formula is C18H28N2O4. The zero-order valence-electron chi connectivity index (χ0n) is 15.0. The van der Waals surface area contributed by atoms with Crippen molar-refractivity contribution in [3.8, 4) is 5.75 Å². The lowest BCUT2D eigenvalue weighted by Gasteiger charge is -2.20. The first-order valence-corrected chi connectivity index (χ1v) is 8.45. The van der Waals surface area contributed by atoms with Gasteiger partial charge in [-0.05, 0) is 51.5 Å². The van der Waals surface area contributed by atoms with E-state index in [0.29, 0.717) is 13.2 Å². The van der Waals surface area contributed by atoms with Crippen LogP contribution in [0.4, 0.5) is 10.5 Å². The summed E-state index contributed by atoms with van der Waals surface area (Å²) >= 11 is 0. The first-order valence-electron chi connectivity index (χ1n) is 8.45. The fraction of sp³-hybridized carbons (Fsp3) is 0.611. The summed E-state index contributed by atoms with van der Waals surface area (Å²) in [7, 11) is 0. The number of hydrogen-bond acceptors (Lipinski definition) is 5. The van der Waals surface area contributed by atoms with Crippen molar-refractivity contribution in [1.82, 2.24) is 5.32 Å². The van der Waals surface area contributed by atoms with Crippen LogP contribution in [0.2, 0.25) is 0 Å². The van der Waals surface area contributed by atoms with Gasteiger partial charge in [-0.1, -0.05) is 0 Å². The van der Waals surface area contributed by atoms with Crippen LogP contribution in [0.3, 0.4) is 0 Å². The number of fused-ring (bicyclic) bond motifs is 1. The molecule has 1 aromatic carbocycles. The smallest absolute Gasteiger partial charge is 0.407 e. The lowest BCUT2D eigenvalue weighted by Crippen LogP contribution is -2.38. The quantitative estimate of drug-likeness (QED) is 0.749. The maximum atomic E-state index is 11.7. The summed E-state index contributed by atoms with van der Waals surface area (Å²) in [4.78, 5) is 11.7. The molecule has 0 radical (unpaired) electrons. The summed E-state index contributed by atoms with van der Waals surface area (Å²) in [6.45, 7) is 10.1. The van der Waals surface area contributed by atoms with Crippen LogP contribution < -0.4 is 15.4 Å². The molecule has 134 valence electrons. The Labute approximate surface area is 143 Å². The van der Waals surface area contributed by atoms with E-state index in [4.69, 9.17) is 14.2 Å². The molecule has 1 atom stereocenters. The Morgan fingerprint density at radius 2 is 2.17 bits per heavy atom. The third-order valence-corrected chi connectivity index (χ3v) is 3.45. The molecule has 1 heterocycles. The maximum Gasteiger partial charge on any atom is 0.407 e. The van der Waals surface area contributed by atoms with E-state index < -0.39 is 11.7 Å². The SMILES string of the molecule is CCOCCNc1ccc2c(c1)CC(CNC(=O)OC(C)(C)C)O2. The van der Waals surface area contributed by atoms with Crippen LogP contribution in [0.5, 0.6) is 5.75 Å². The fourth-order valence-electron chi connectivity index (χ4n) is 2.47. The van der Waals surface area contributed by atoms with Crippen molar-refractivity contribution in [2.45, 2.75) is 45.8 Å². The third-order valence-electron chi connectivity index (χ3n) is 3.45. The lowest BCUT2D eigenvalue weighted by atomic mass is 10.1. The minimum atomic E-state index is -0.494. The Hall–Kier alpha value is -1.95. The molecule has 0 aromatic heterocycles. The number of benzene rings is 1. The first-order chi connectivity index (χ1) is 11.4. The monoisotopic (exact) mass is 336 g/mol. The van der Waals surface area contributed by atoms with Crippen LogP contribution in [0.15, 0.2) is 18.2 Å². The molecule has 0 bridgehead atoms. The molecule has 0 saturated heterocycles. The predicted octanol–water partition coefficient (Wildman–Crippen LogP) is 2.96. The third kappa shape index (κ3) is 5.92. The van der Waals surface area contributed by atoms with Crippen molar-refractivity contribution in [2.24, 2.45) is 0 Å². The van der Waals surface area contributed by atoms with Crippen molar-refractivity contribution in [3.05, 3.63) is 23.8 Å². The molecule has 1 aliphatic heterocycles. The number of carbonyl (C=O) groups is 1. The molecule has 0 spiro atoms. The molecule has 1 unspecified atom stereocenters. The number of amides is 1. The second-order valence-electron chi connectivity index (χ2n) is 6.77. The number of nitrogens with one attached hydrogen (secondary N) is 2. The normalized spacial score (nSPS) is 16.2. The van der Waals surface area contributed by atoms with E-state index in [1.807, 2.05) is 39.8 Å². The minimum Gasteiger partial charge on any atom is -0.488 e. The summed E-state index contributed by atoms with van der Waals surface area (Å²) in [6.07, 6.45) is 0.290. The van der Waals surface area contributed by atoms with Crippen LogP contribution in [0, 0.1) is 0 Å². The molecule has 1 amide bonds. The highest BCUT2D eigenvalue weighted by molar-refractivity contribution is 5.67. The van der Waals surface area contributed by atoms with E-state index in [1.165, 1.54) is 0 Å². The largest absolute Gasteiger partial charge is 0.488 e. The Balaban J connectivity index is 1.78. The number of carbonyl (C=O) groups excluding carboxylic acids is 1. The number of alkyl carbamates (subject to hydrolysis) is 1. The van der Waals surface area contributed by atoms with Gasteiger partial charge in [0.25, 0.3) is 0 Å². The van der Waals surface area contributed by atoms with Gasteiger partial charge in [0.05, 0.1) is 13.2 Å². The van der Waals surface area contributed by atoms with Gasteiger partial charge in [-0.2, -0.15) is 0 Å². The highest BCUT2D eigenvalue weighted by Crippen LogP contribution is 2.31. The van der Waals surface area contributed by atoms with Crippen molar-refractivity contribution in [1.29, 1.82) is 0 Å². The molecular weight excluding hydrogens is 308 g/mol. The number of ether oxygens (including phenoxy) is 3. The molecule has 2 rings (SSSR count). The molecule has 6 heteroatoms. The second-order valence-corrected chi connectivity index (χ2v) is 6.77. The summed E-state index contributed by atoms with van der Waals surface area (Å²) in [5, 5.41) is 6.09. The van der Waals surface area contributed by atoms with E-state index >= 15 is 0 Å². The van der Waals surface area contributed by atoms with E-state index in [0.717, 1.165) is 36.6 Å². The van der Waals surface area contributed by atoms with Gasteiger partial charge in [-0.3, -0.25) is 0 Å². The Morgan fingerprint density at radius 1 is 1.38 bits per heavy atom. The minimum absolute atomic E-state index is 0.0637. The van der Waals surface area contributed by atoms with E-state index in [1.54, 1.807) is 0 Å². The Kier molecular flexibility index (Phi) is 6.31. The average Bonchev–Trinajstić information content (AvgIpc) is 2.90. The van der Waals surface area contributed by atoms with Crippen LogP contribution >= 0.6 is 0 Å². The first kappa shape index (κ1) is 18.4. The van der Waals surface area contributed by atoms with Crippen LogP contribution in [0.25, 0.3) is 0 Å². The maximum absolute atomic E-state index is 11.7. The van der Waals surface area contributed by atoms with Crippen LogP contribution in [-0.2, 0) is 15.9 Å². The van der Waals surface area contributed by atoms with Gasteiger partial charge in [-0.25, -0.2) is 4.79 Å². The molecule has 1 aromatic rings. The zero-order valence-corrected chi connectivity index (χ0v) is 15.0. The summed E-state index contributed by atoms with van der Waals surface area (Å²) < 4.78 is 16.4. The van der Waals surface area contributed by atoms with Gasteiger partial charge in [0.1, 0.15) is 17.5 Å². The van der Waals surface area contributed by atoms with Gasteiger partial charge in [0, 0.05) is 25.3 Å². The summed E-state index contributed by atoms with van der Waals surface area (Å²) in [5.41, 5.74) is 1.70. The van der Waals surface area contributed by atoms with Gasteiger partial charge in [-0.15, -0.1) is 0 Å². The van der Waals surface area contributed by atoms with Gasteiger partial charge in [0.15, 0.2) is 0 Å². The summed E-state index contributed by atoms with van der Waals surface area (Å²) in [6, 6.07) is 6.05. The van der Waals surface area contributed by atoms with Gasteiger partial charge >= 0.3 is 6.09 Å². The predicted molar refractivity (Wildman–Crippen MR) is 93.8 cm³/mol. The van der Waals surface area contributed by atoms with Gasteiger partial charge in [0.2, 0.25) is 0 Å². The van der Waals surface area contributed by atoms with Crippen molar-refractivity contribution in [2.75, 3.05) is 31.6 Å². The topological polar surface area (TPSA) is 68.8 Å². The van der Waals surface area contributed by atoms with Crippen LogP contribution in [0.1, 0.15) is 33.3 Å². The zero-order chi connectivity index (χ0) is 17.6. The average molecular weight is 336 g/mol. The number of anilines is 1. The second kappa shape index (κ2) is 8.24. The molecule has 2 N–H and O–H groups in total. The highest BCUT2D eigenvalue weighted by atomic mass is 16.6. The highest BCUT2D eigenvalue weighted by Gasteiger charge is 2.24. The Bertz CT molecular complexity index is 554. The molecule has 24 heavy (non-hydrogen) atoms.